The number of hydrogen-bond acceptors (Lipinski definition) is 2. The van der Waals surface area contributed by atoms with Crippen molar-refractivity contribution < 1.29 is 4.74 Å². The molecule has 0 fully saturated rings. The van der Waals surface area contributed by atoms with Crippen molar-refractivity contribution in [2.45, 2.75) is 13.0 Å². The Morgan fingerprint density at radius 2 is 1.79 bits per heavy atom. The van der Waals surface area contributed by atoms with Gasteiger partial charge >= 0.3 is 0 Å². The van der Waals surface area contributed by atoms with Gasteiger partial charge in [-0.15, -0.1) is 6.42 Å². The monoisotopic (exact) mass is 321 g/mol. The fourth-order valence-electron chi connectivity index (χ4n) is 2.20. The normalized spacial score (nSPS) is 10.8. The van der Waals surface area contributed by atoms with E-state index >= 15 is 0 Å². The molecular formula is C20H23N3O. The van der Waals surface area contributed by atoms with Gasteiger partial charge in [-0.25, -0.2) is 0 Å². The highest BCUT2D eigenvalue weighted by Crippen LogP contribution is 2.12. The second-order valence-corrected chi connectivity index (χ2v) is 5.22. The Kier molecular flexibility index (Phi) is 7.23. The van der Waals surface area contributed by atoms with Crippen molar-refractivity contribution in [3.63, 3.8) is 0 Å². The van der Waals surface area contributed by atoms with E-state index in [0.29, 0.717) is 6.61 Å². The van der Waals surface area contributed by atoms with Gasteiger partial charge in [0, 0.05) is 20.1 Å². The lowest BCUT2D eigenvalue weighted by Gasteiger charge is -2.12. The molecule has 0 atom stereocenters. The van der Waals surface area contributed by atoms with E-state index < -0.39 is 0 Å². The van der Waals surface area contributed by atoms with Crippen molar-refractivity contribution >= 4 is 5.96 Å². The van der Waals surface area contributed by atoms with Gasteiger partial charge in [0.15, 0.2) is 5.96 Å². The Morgan fingerprint density at radius 3 is 2.46 bits per heavy atom. The first-order valence-electron chi connectivity index (χ1n) is 7.95. The minimum Gasteiger partial charge on any atom is -0.481 e. The summed E-state index contributed by atoms with van der Waals surface area (Å²) in [5.41, 5.74) is 2.46. The third-order valence-corrected chi connectivity index (χ3v) is 3.48. The molecule has 2 aromatic rings. The van der Waals surface area contributed by atoms with Crippen molar-refractivity contribution in [2.75, 3.05) is 20.2 Å². The SMILES string of the molecule is C#CCOc1ccc(CCNC(=NC)NCc2ccccc2)cc1. The average Bonchev–Trinajstić information content (AvgIpc) is 2.64. The zero-order valence-electron chi connectivity index (χ0n) is 14.0. The van der Waals surface area contributed by atoms with Crippen LogP contribution in [0.1, 0.15) is 11.1 Å². The van der Waals surface area contributed by atoms with E-state index in [-0.39, 0.29) is 0 Å². The third kappa shape index (κ3) is 6.05. The number of hydrogen-bond donors (Lipinski definition) is 2. The van der Waals surface area contributed by atoms with Crippen molar-refractivity contribution in [1.82, 2.24) is 10.6 Å². The molecule has 0 unspecified atom stereocenters. The summed E-state index contributed by atoms with van der Waals surface area (Å²) in [5.74, 6) is 4.05. The predicted octanol–water partition coefficient (Wildman–Crippen LogP) is 2.61. The predicted molar refractivity (Wildman–Crippen MR) is 99.1 cm³/mol. The number of aliphatic imine (C=N–C) groups is 1. The fraction of sp³-hybridized carbons (Fsp3) is 0.250. The number of rotatable bonds is 7. The van der Waals surface area contributed by atoms with Crippen LogP contribution in [0, 0.1) is 12.3 Å². The molecule has 0 aliphatic carbocycles. The second-order valence-electron chi connectivity index (χ2n) is 5.22. The summed E-state index contributed by atoms with van der Waals surface area (Å²) in [5, 5.41) is 6.62. The lowest BCUT2D eigenvalue weighted by atomic mass is 10.1. The molecule has 0 heterocycles. The Morgan fingerprint density at radius 1 is 1.04 bits per heavy atom. The van der Waals surface area contributed by atoms with Gasteiger partial charge in [-0.05, 0) is 29.7 Å². The van der Waals surface area contributed by atoms with E-state index in [1.54, 1.807) is 7.05 Å². The van der Waals surface area contributed by atoms with E-state index in [1.807, 2.05) is 42.5 Å². The molecule has 2 aromatic carbocycles. The minimum atomic E-state index is 0.296. The highest BCUT2D eigenvalue weighted by Gasteiger charge is 1.99. The van der Waals surface area contributed by atoms with Crippen molar-refractivity contribution in [1.29, 1.82) is 0 Å². The van der Waals surface area contributed by atoms with Crippen LogP contribution in [0.15, 0.2) is 59.6 Å². The highest BCUT2D eigenvalue weighted by atomic mass is 16.5. The van der Waals surface area contributed by atoms with Crippen LogP contribution in [0.25, 0.3) is 0 Å². The third-order valence-electron chi connectivity index (χ3n) is 3.48. The van der Waals surface area contributed by atoms with E-state index in [1.165, 1.54) is 11.1 Å². The van der Waals surface area contributed by atoms with E-state index in [2.05, 4.69) is 33.7 Å². The molecule has 0 radical (unpaired) electrons. The smallest absolute Gasteiger partial charge is 0.191 e. The Bertz CT molecular complexity index is 672. The van der Waals surface area contributed by atoms with Crippen LogP contribution in [0.4, 0.5) is 0 Å². The first-order valence-corrected chi connectivity index (χ1v) is 7.95. The van der Waals surface area contributed by atoms with Crippen molar-refractivity contribution in [2.24, 2.45) is 4.99 Å². The Balaban J connectivity index is 1.72. The van der Waals surface area contributed by atoms with Gasteiger partial charge in [-0.2, -0.15) is 0 Å². The molecule has 24 heavy (non-hydrogen) atoms. The molecule has 0 aromatic heterocycles. The summed E-state index contributed by atoms with van der Waals surface area (Å²) in [6.45, 7) is 1.85. The molecule has 124 valence electrons. The molecule has 4 heteroatoms. The Hall–Kier alpha value is -2.93. The van der Waals surface area contributed by atoms with Crippen LogP contribution in [0.5, 0.6) is 5.75 Å². The minimum absolute atomic E-state index is 0.296. The molecule has 2 N–H and O–H groups in total. The van der Waals surface area contributed by atoms with Crippen LogP contribution < -0.4 is 15.4 Å². The largest absolute Gasteiger partial charge is 0.481 e. The summed E-state index contributed by atoms with van der Waals surface area (Å²) in [7, 11) is 1.78. The van der Waals surface area contributed by atoms with Gasteiger partial charge in [0.05, 0.1) is 0 Å². The number of terminal acetylenes is 1. The van der Waals surface area contributed by atoms with Gasteiger partial charge in [-0.3, -0.25) is 4.99 Å². The standard InChI is InChI=1S/C20H23N3O/c1-3-15-24-19-11-9-17(10-12-19)13-14-22-20(21-2)23-16-18-7-5-4-6-8-18/h1,4-12H,13-16H2,2H3,(H2,21,22,23). The lowest BCUT2D eigenvalue weighted by molar-refractivity contribution is 0.370. The van der Waals surface area contributed by atoms with Gasteiger partial charge in [0.1, 0.15) is 12.4 Å². The maximum absolute atomic E-state index is 5.36. The first-order chi connectivity index (χ1) is 11.8. The number of ether oxygens (including phenoxy) is 1. The maximum Gasteiger partial charge on any atom is 0.191 e. The van der Waals surface area contributed by atoms with Crippen molar-refractivity contribution in [3.8, 4) is 18.1 Å². The topological polar surface area (TPSA) is 45.6 Å². The maximum atomic E-state index is 5.36. The number of benzene rings is 2. The zero-order valence-corrected chi connectivity index (χ0v) is 14.0. The van der Waals surface area contributed by atoms with Crippen LogP contribution in [-0.2, 0) is 13.0 Å². The van der Waals surface area contributed by atoms with Gasteiger partial charge in [0.25, 0.3) is 0 Å². The molecular weight excluding hydrogens is 298 g/mol. The zero-order chi connectivity index (χ0) is 17.0. The van der Waals surface area contributed by atoms with Crippen LogP contribution >= 0.6 is 0 Å². The molecule has 0 aliphatic rings. The number of nitrogens with one attached hydrogen (secondary N) is 2. The molecule has 0 spiro atoms. The summed E-state index contributed by atoms with van der Waals surface area (Å²) in [6.07, 6.45) is 6.08. The Labute approximate surface area is 144 Å². The van der Waals surface area contributed by atoms with Crippen LogP contribution in [-0.4, -0.2) is 26.2 Å². The molecule has 0 saturated heterocycles. The summed E-state index contributed by atoms with van der Waals surface area (Å²) in [6, 6.07) is 18.2. The molecule has 2 rings (SSSR count). The lowest BCUT2D eigenvalue weighted by Crippen LogP contribution is -2.37. The first kappa shape index (κ1) is 17.4. The van der Waals surface area contributed by atoms with E-state index in [0.717, 1.165) is 31.2 Å². The number of nitrogens with zero attached hydrogens (tertiary/aromatic N) is 1. The van der Waals surface area contributed by atoms with Gasteiger partial charge in [-0.1, -0.05) is 48.4 Å². The number of guanidine groups is 1. The molecule has 0 saturated carbocycles. The quantitative estimate of drug-likeness (QED) is 0.468. The summed E-state index contributed by atoms with van der Waals surface area (Å²) >= 11 is 0. The van der Waals surface area contributed by atoms with E-state index in [4.69, 9.17) is 11.2 Å². The molecule has 0 aliphatic heterocycles. The molecule has 0 bridgehead atoms. The fourth-order valence-corrected chi connectivity index (χ4v) is 2.20. The van der Waals surface area contributed by atoms with E-state index in [9.17, 15) is 0 Å². The highest BCUT2D eigenvalue weighted by molar-refractivity contribution is 5.79. The van der Waals surface area contributed by atoms with Crippen molar-refractivity contribution in [3.05, 3.63) is 65.7 Å². The van der Waals surface area contributed by atoms with Gasteiger partial charge in [0.2, 0.25) is 0 Å². The van der Waals surface area contributed by atoms with Crippen LogP contribution in [0.2, 0.25) is 0 Å². The molecule has 0 amide bonds. The second kappa shape index (κ2) is 9.96. The van der Waals surface area contributed by atoms with Crippen LogP contribution in [0.3, 0.4) is 0 Å². The summed E-state index contributed by atoms with van der Waals surface area (Å²) < 4.78 is 5.36. The van der Waals surface area contributed by atoms with Gasteiger partial charge < -0.3 is 15.4 Å². The molecule has 4 nitrogen and oxygen atoms in total. The average molecular weight is 321 g/mol. The summed E-state index contributed by atoms with van der Waals surface area (Å²) in [4.78, 5) is 4.24.